The highest BCUT2D eigenvalue weighted by Crippen LogP contribution is 2.15. The quantitative estimate of drug-likeness (QED) is 0.908. The Hall–Kier alpha value is -0.900. The Morgan fingerprint density at radius 1 is 1.00 bits per heavy atom. The number of rotatable bonds is 3. The van der Waals surface area contributed by atoms with Crippen molar-refractivity contribution >= 4 is 0 Å². The largest absolute Gasteiger partial charge is 0.315 e. The van der Waals surface area contributed by atoms with Gasteiger partial charge in [0.05, 0.1) is 0 Å². The maximum absolute atomic E-state index is 3.55. The van der Waals surface area contributed by atoms with Gasteiger partial charge >= 0.3 is 0 Å². The van der Waals surface area contributed by atoms with Crippen LogP contribution in [0.1, 0.15) is 24.8 Å². The molecule has 0 aromatic heterocycles. The molecule has 2 saturated heterocycles. The Morgan fingerprint density at radius 2 is 1.90 bits per heavy atom. The maximum Gasteiger partial charge on any atom is 0.0234 e. The van der Waals surface area contributed by atoms with Gasteiger partial charge in [-0.25, -0.2) is 0 Å². The molecule has 1 unspecified atom stereocenters. The third-order valence-corrected chi connectivity index (χ3v) is 4.66. The fourth-order valence-corrected chi connectivity index (χ4v) is 3.50. The van der Waals surface area contributed by atoms with Crippen molar-refractivity contribution in [3.8, 4) is 0 Å². The summed E-state index contributed by atoms with van der Waals surface area (Å²) in [5, 5.41) is 3.55. The van der Waals surface area contributed by atoms with Crippen molar-refractivity contribution in [3.63, 3.8) is 0 Å². The van der Waals surface area contributed by atoms with Crippen LogP contribution in [-0.2, 0) is 6.54 Å². The summed E-state index contributed by atoms with van der Waals surface area (Å²) in [6.07, 6.45) is 4.03. The van der Waals surface area contributed by atoms with Crippen LogP contribution in [-0.4, -0.2) is 55.1 Å². The minimum atomic E-state index is 0.778. The summed E-state index contributed by atoms with van der Waals surface area (Å²) in [5.74, 6) is 0. The predicted octanol–water partition coefficient (Wildman–Crippen LogP) is 1.95. The lowest BCUT2D eigenvalue weighted by atomic mass is 10.1. The molecular weight excluding hydrogens is 246 g/mol. The topological polar surface area (TPSA) is 18.5 Å². The molecule has 2 fully saturated rings. The summed E-state index contributed by atoms with van der Waals surface area (Å²) >= 11 is 0. The molecule has 1 aromatic rings. The van der Waals surface area contributed by atoms with Gasteiger partial charge in [0.2, 0.25) is 0 Å². The summed E-state index contributed by atoms with van der Waals surface area (Å²) in [7, 11) is 0. The summed E-state index contributed by atoms with van der Waals surface area (Å²) in [6.45, 7) is 8.48. The van der Waals surface area contributed by atoms with Gasteiger partial charge in [-0.3, -0.25) is 9.80 Å². The fraction of sp³-hybridized carbons (Fsp3) is 0.647. The van der Waals surface area contributed by atoms with Crippen molar-refractivity contribution in [2.75, 3.05) is 39.3 Å². The zero-order chi connectivity index (χ0) is 13.6. The Kier molecular flexibility index (Phi) is 5.06. The van der Waals surface area contributed by atoms with Crippen molar-refractivity contribution in [3.05, 3.63) is 35.9 Å². The van der Waals surface area contributed by atoms with Crippen molar-refractivity contribution in [1.82, 2.24) is 15.1 Å². The SMILES string of the molecule is c1ccc(CN2CCCN(C3CCCNC3)CC2)cc1. The van der Waals surface area contributed by atoms with Crippen molar-refractivity contribution in [2.24, 2.45) is 0 Å². The lowest BCUT2D eigenvalue weighted by molar-refractivity contribution is 0.168. The van der Waals surface area contributed by atoms with E-state index >= 15 is 0 Å². The van der Waals surface area contributed by atoms with Gasteiger partial charge in [-0.1, -0.05) is 30.3 Å². The monoisotopic (exact) mass is 273 g/mol. The van der Waals surface area contributed by atoms with Crippen LogP contribution in [0, 0.1) is 0 Å². The summed E-state index contributed by atoms with van der Waals surface area (Å²) < 4.78 is 0. The van der Waals surface area contributed by atoms with E-state index in [2.05, 4.69) is 45.4 Å². The van der Waals surface area contributed by atoms with Gasteiger partial charge in [-0.15, -0.1) is 0 Å². The average Bonchev–Trinajstić information content (AvgIpc) is 2.75. The molecule has 0 saturated carbocycles. The zero-order valence-corrected chi connectivity index (χ0v) is 12.4. The lowest BCUT2D eigenvalue weighted by Gasteiger charge is -2.33. The second-order valence-corrected chi connectivity index (χ2v) is 6.15. The van der Waals surface area contributed by atoms with Gasteiger partial charge < -0.3 is 5.32 Å². The second kappa shape index (κ2) is 7.21. The van der Waals surface area contributed by atoms with Gasteiger partial charge in [-0.05, 0) is 44.5 Å². The first-order valence-corrected chi connectivity index (χ1v) is 8.13. The molecule has 0 bridgehead atoms. The first kappa shape index (κ1) is 14.1. The van der Waals surface area contributed by atoms with Crippen LogP contribution in [0.3, 0.4) is 0 Å². The van der Waals surface area contributed by atoms with E-state index in [1.807, 2.05) is 0 Å². The minimum absolute atomic E-state index is 0.778. The van der Waals surface area contributed by atoms with Crippen LogP contribution in [0.5, 0.6) is 0 Å². The predicted molar refractivity (Wildman–Crippen MR) is 83.8 cm³/mol. The van der Waals surface area contributed by atoms with Crippen LogP contribution < -0.4 is 5.32 Å². The molecule has 3 heteroatoms. The van der Waals surface area contributed by atoms with Gasteiger partial charge in [-0.2, -0.15) is 0 Å². The molecule has 0 amide bonds. The highest BCUT2D eigenvalue weighted by molar-refractivity contribution is 5.14. The van der Waals surface area contributed by atoms with Crippen molar-refractivity contribution in [2.45, 2.75) is 31.8 Å². The van der Waals surface area contributed by atoms with E-state index in [1.54, 1.807) is 0 Å². The number of hydrogen-bond acceptors (Lipinski definition) is 3. The molecule has 0 radical (unpaired) electrons. The zero-order valence-electron chi connectivity index (χ0n) is 12.4. The average molecular weight is 273 g/mol. The van der Waals surface area contributed by atoms with E-state index in [0.29, 0.717) is 0 Å². The molecule has 1 atom stereocenters. The van der Waals surface area contributed by atoms with Gasteiger partial charge in [0.15, 0.2) is 0 Å². The third-order valence-electron chi connectivity index (χ3n) is 4.66. The summed E-state index contributed by atoms with van der Waals surface area (Å²) in [6, 6.07) is 11.7. The Morgan fingerprint density at radius 3 is 2.70 bits per heavy atom. The Balaban J connectivity index is 1.51. The molecule has 0 spiro atoms. The normalized spacial score (nSPS) is 26.3. The highest BCUT2D eigenvalue weighted by Gasteiger charge is 2.23. The van der Waals surface area contributed by atoms with Crippen LogP contribution in [0.25, 0.3) is 0 Å². The number of hydrogen-bond donors (Lipinski definition) is 1. The third kappa shape index (κ3) is 3.81. The molecule has 3 nitrogen and oxygen atoms in total. The maximum atomic E-state index is 3.55. The Labute approximate surface area is 123 Å². The molecule has 20 heavy (non-hydrogen) atoms. The first-order valence-electron chi connectivity index (χ1n) is 8.13. The standard InChI is InChI=1S/C17H27N3/c1-2-6-16(7-3-1)15-19-10-5-11-20(13-12-19)17-8-4-9-18-14-17/h1-3,6-7,17-18H,4-5,8-15H2. The molecule has 2 heterocycles. The van der Waals surface area contributed by atoms with E-state index in [4.69, 9.17) is 0 Å². The lowest BCUT2D eigenvalue weighted by Crippen LogP contribution is -2.47. The second-order valence-electron chi connectivity index (χ2n) is 6.15. The molecule has 1 N–H and O–H groups in total. The number of piperidine rings is 1. The minimum Gasteiger partial charge on any atom is -0.315 e. The van der Waals surface area contributed by atoms with Crippen LogP contribution in [0.15, 0.2) is 30.3 Å². The molecule has 110 valence electrons. The number of nitrogens with one attached hydrogen (secondary N) is 1. The summed E-state index contributed by atoms with van der Waals surface area (Å²) in [4.78, 5) is 5.34. The first-order chi connectivity index (χ1) is 9.92. The van der Waals surface area contributed by atoms with Crippen molar-refractivity contribution < 1.29 is 0 Å². The highest BCUT2D eigenvalue weighted by atomic mass is 15.2. The fourth-order valence-electron chi connectivity index (χ4n) is 3.50. The van der Waals surface area contributed by atoms with E-state index in [-0.39, 0.29) is 0 Å². The van der Waals surface area contributed by atoms with Gasteiger partial charge in [0, 0.05) is 32.2 Å². The van der Waals surface area contributed by atoms with E-state index < -0.39 is 0 Å². The summed E-state index contributed by atoms with van der Waals surface area (Å²) in [5.41, 5.74) is 1.44. The van der Waals surface area contributed by atoms with Crippen molar-refractivity contribution in [1.29, 1.82) is 0 Å². The van der Waals surface area contributed by atoms with Crippen LogP contribution in [0.2, 0.25) is 0 Å². The number of nitrogens with zero attached hydrogens (tertiary/aromatic N) is 2. The van der Waals surface area contributed by atoms with Crippen LogP contribution >= 0.6 is 0 Å². The van der Waals surface area contributed by atoms with Crippen LogP contribution in [0.4, 0.5) is 0 Å². The number of benzene rings is 1. The molecule has 0 aliphatic carbocycles. The molecular formula is C17H27N3. The van der Waals surface area contributed by atoms with E-state index in [1.165, 1.54) is 64.1 Å². The molecule has 2 aliphatic heterocycles. The molecule has 2 aliphatic rings. The molecule has 3 rings (SSSR count). The van der Waals surface area contributed by atoms with E-state index in [9.17, 15) is 0 Å². The molecule has 1 aromatic carbocycles. The van der Waals surface area contributed by atoms with E-state index in [0.717, 1.165) is 12.6 Å². The smallest absolute Gasteiger partial charge is 0.0234 e. The van der Waals surface area contributed by atoms with Gasteiger partial charge in [0.25, 0.3) is 0 Å². The van der Waals surface area contributed by atoms with Gasteiger partial charge in [0.1, 0.15) is 0 Å². The Bertz CT molecular complexity index is 386.